The molecule has 0 aliphatic carbocycles. The van der Waals surface area contributed by atoms with Crippen LogP contribution in [0.2, 0.25) is 0 Å². The second kappa shape index (κ2) is 6.17. The highest BCUT2D eigenvalue weighted by Gasteiger charge is 1.92. The highest BCUT2D eigenvalue weighted by molar-refractivity contribution is 5.13. The van der Waals surface area contributed by atoms with Gasteiger partial charge in [-0.05, 0) is 18.1 Å². The first-order valence-corrected chi connectivity index (χ1v) is 4.73. The van der Waals surface area contributed by atoms with Crippen LogP contribution in [0.4, 0.5) is 0 Å². The summed E-state index contributed by atoms with van der Waals surface area (Å²) in [4.78, 5) is 0. The van der Waals surface area contributed by atoms with E-state index in [0.29, 0.717) is 13.2 Å². The summed E-state index contributed by atoms with van der Waals surface area (Å²) in [5.41, 5.74) is 2.40. The van der Waals surface area contributed by atoms with Gasteiger partial charge in [0.15, 0.2) is 0 Å². The quantitative estimate of drug-likeness (QED) is 0.644. The van der Waals surface area contributed by atoms with Crippen molar-refractivity contribution >= 4 is 0 Å². The van der Waals surface area contributed by atoms with Gasteiger partial charge < -0.3 is 4.74 Å². The summed E-state index contributed by atoms with van der Waals surface area (Å²) < 4.78 is 5.52. The maximum absolute atomic E-state index is 5.52. The van der Waals surface area contributed by atoms with E-state index in [-0.39, 0.29) is 0 Å². The molecule has 0 radical (unpaired) electrons. The van der Waals surface area contributed by atoms with E-state index in [1.54, 1.807) is 6.08 Å². The molecular weight excluding hydrogens is 172 g/mol. The Bertz CT molecular complexity index is 298. The SMILES string of the molecule is C=C/C=C(\C)COCc1ccccc1. The summed E-state index contributed by atoms with van der Waals surface area (Å²) in [6.07, 6.45) is 3.74. The van der Waals surface area contributed by atoms with Crippen LogP contribution in [0.15, 0.2) is 54.6 Å². The Balaban J connectivity index is 2.29. The number of benzene rings is 1. The molecule has 1 aromatic rings. The van der Waals surface area contributed by atoms with Crippen LogP contribution in [-0.4, -0.2) is 6.61 Å². The van der Waals surface area contributed by atoms with Gasteiger partial charge in [0.1, 0.15) is 0 Å². The molecule has 0 fully saturated rings. The molecule has 1 heteroatoms. The molecular formula is C13H16O. The van der Waals surface area contributed by atoms with E-state index in [9.17, 15) is 0 Å². The number of rotatable bonds is 5. The summed E-state index contributed by atoms with van der Waals surface area (Å²) in [6, 6.07) is 10.2. The molecule has 14 heavy (non-hydrogen) atoms. The van der Waals surface area contributed by atoms with Crippen LogP contribution in [0.1, 0.15) is 12.5 Å². The van der Waals surface area contributed by atoms with E-state index in [0.717, 1.165) is 0 Å². The molecule has 0 spiro atoms. The Morgan fingerprint density at radius 2 is 2.07 bits per heavy atom. The molecule has 0 saturated heterocycles. The highest BCUT2D eigenvalue weighted by Crippen LogP contribution is 2.02. The molecule has 74 valence electrons. The van der Waals surface area contributed by atoms with Crippen LogP contribution in [0.5, 0.6) is 0 Å². The summed E-state index contributed by atoms with van der Waals surface area (Å²) in [5.74, 6) is 0. The van der Waals surface area contributed by atoms with E-state index < -0.39 is 0 Å². The first-order valence-electron chi connectivity index (χ1n) is 4.73. The predicted octanol–water partition coefficient (Wildman–Crippen LogP) is 3.34. The van der Waals surface area contributed by atoms with Gasteiger partial charge in [0.25, 0.3) is 0 Å². The third-order valence-electron chi connectivity index (χ3n) is 1.84. The molecule has 1 rings (SSSR count). The predicted molar refractivity (Wildman–Crippen MR) is 60.1 cm³/mol. The minimum absolute atomic E-state index is 0.668. The van der Waals surface area contributed by atoms with Crippen LogP contribution >= 0.6 is 0 Å². The van der Waals surface area contributed by atoms with Gasteiger partial charge in [-0.15, -0.1) is 0 Å². The zero-order valence-electron chi connectivity index (χ0n) is 8.57. The van der Waals surface area contributed by atoms with Gasteiger partial charge in [-0.3, -0.25) is 0 Å². The van der Waals surface area contributed by atoms with Crippen LogP contribution < -0.4 is 0 Å². The van der Waals surface area contributed by atoms with Crippen molar-refractivity contribution in [3.8, 4) is 0 Å². The molecule has 1 aromatic carbocycles. The lowest BCUT2D eigenvalue weighted by Crippen LogP contribution is -1.96. The monoisotopic (exact) mass is 188 g/mol. The zero-order valence-corrected chi connectivity index (χ0v) is 8.57. The van der Waals surface area contributed by atoms with Crippen molar-refractivity contribution in [3.05, 3.63) is 60.2 Å². The minimum atomic E-state index is 0.668. The maximum atomic E-state index is 5.52. The molecule has 0 N–H and O–H groups in total. The van der Waals surface area contributed by atoms with Crippen LogP contribution in [0.25, 0.3) is 0 Å². The molecule has 0 atom stereocenters. The van der Waals surface area contributed by atoms with E-state index in [2.05, 4.69) is 18.7 Å². The molecule has 0 aliphatic rings. The minimum Gasteiger partial charge on any atom is -0.372 e. The molecule has 0 amide bonds. The average molecular weight is 188 g/mol. The Morgan fingerprint density at radius 3 is 2.71 bits per heavy atom. The molecule has 0 aliphatic heterocycles. The number of ether oxygens (including phenoxy) is 1. The molecule has 0 heterocycles. The number of hydrogen-bond donors (Lipinski definition) is 0. The van der Waals surface area contributed by atoms with Crippen LogP contribution in [-0.2, 0) is 11.3 Å². The Labute approximate surface area is 85.7 Å². The second-order valence-electron chi connectivity index (χ2n) is 3.23. The molecule has 0 bridgehead atoms. The normalized spacial score (nSPS) is 11.4. The van der Waals surface area contributed by atoms with Crippen molar-refractivity contribution in [2.24, 2.45) is 0 Å². The fourth-order valence-corrected chi connectivity index (χ4v) is 1.15. The topological polar surface area (TPSA) is 9.23 Å². The van der Waals surface area contributed by atoms with Crippen molar-refractivity contribution in [3.63, 3.8) is 0 Å². The van der Waals surface area contributed by atoms with Crippen molar-refractivity contribution in [1.29, 1.82) is 0 Å². The van der Waals surface area contributed by atoms with Gasteiger partial charge in [-0.2, -0.15) is 0 Å². The summed E-state index contributed by atoms with van der Waals surface area (Å²) >= 11 is 0. The van der Waals surface area contributed by atoms with Gasteiger partial charge in [0, 0.05) is 0 Å². The lowest BCUT2D eigenvalue weighted by molar-refractivity contribution is 0.142. The largest absolute Gasteiger partial charge is 0.372 e. The fourth-order valence-electron chi connectivity index (χ4n) is 1.15. The van der Waals surface area contributed by atoms with Crippen molar-refractivity contribution < 1.29 is 4.74 Å². The molecule has 0 unspecified atom stereocenters. The first kappa shape index (κ1) is 10.7. The lowest BCUT2D eigenvalue weighted by Gasteiger charge is -2.03. The Morgan fingerprint density at radius 1 is 1.36 bits per heavy atom. The smallest absolute Gasteiger partial charge is 0.0721 e. The van der Waals surface area contributed by atoms with Crippen molar-refractivity contribution in [2.75, 3.05) is 6.61 Å². The fraction of sp³-hybridized carbons (Fsp3) is 0.231. The maximum Gasteiger partial charge on any atom is 0.0721 e. The second-order valence-corrected chi connectivity index (χ2v) is 3.23. The average Bonchev–Trinajstić information content (AvgIpc) is 2.20. The van der Waals surface area contributed by atoms with Gasteiger partial charge in [0.2, 0.25) is 0 Å². The van der Waals surface area contributed by atoms with Crippen molar-refractivity contribution in [2.45, 2.75) is 13.5 Å². The van der Waals surface area contributed by atoms with E-state index in [1.807, 2.05) is 31.2 Å². The van der Waals surface area contributed by atoms with E-state index in [4.69, 9.17) is 4.74 Å². The van der Waals surface area contributed by atoms with Gasteiger partial charge in [-0.25, -0.2) is 0 Å². The van der Waals surface area contributed by atoms with Gasteiger partial charge in [0.05, 0.1) is 13.2 Å². The van der Waals surface area contributed by atoms with E-state index >= 15 is 0 Å². The molecule has 1 nitrogen and oxygen atoms in total. The highest BCUT2D eigenvalue weighted by atomic mass is 16.5. The number of allylic oxidation sites excluding steroid dienone is 2. The van der Waals surface area contributed by atoms with Gasteiger partial charge >= 0.3 is 0 Å². The van der Waals surface area contributed by atoms with Gasteiger partial charge in [-0.1, -0.05) is 49.1 Å². The standard InChI is InChI=1S/C13H16O/c1-3-7-12(2)10-14-11-13-8-5-4-6-9-13/h3-9H,1,10-11H2,2H3/b12-7+. The molecule has 0 aromatic heterocycles. The third kappa shape index (κ3) is 4.06. The van der Waals surface area contributed by atoms with Crippen molar-refractivity contribution in [1.82, 2.24) is 0 Å². The summed E-state index contributed by atoms with van der Waals surface area (Å²) in [6.45, 7) is 7.01. The third-order valence-corrected chi connectivity index (χ3v) is 1.84. The Hall–Kier alpha value is -1.34. The number of hydrogen-bond acceptors (Lipinski definition) is 1. The zero-order chi connectivity index (χ0) is 10.2. The molecule has 0 saturated carbocycles. The lowest BCUT2D eigenvalue weighted by atomic mass is 10.2. The Kier molecular flexibility index (Phi) is 4.73. The first-order chi connectivity index (χ1) is 6.83. The van der Waals surface area contributed by atoms with Crippen LogP contribution in [0.3, 0.4) is 0 Å². The summed E-state index contributed by atoms with van der Waals surface area (Å²) in [7, 11) is 0. The van der Waals surface area contributed by atoms with E-state index in [1.165, 1.54) is 11.1 Å². The summed E-state index contributed by atoms with van der Waals surface area (Å²) in [5, 5.41) is 0. The van der Waals surface area contributed by atoms with Crippen LogP contribution in [0, 0.1) is 0 Å².